The van der Waals surface area contributed by atoms with Crippen LogP contribution in [0.2, 0.25) is 5.02 Å². The van der Waals surface area contributed by atoms with Gasteiger partial charge in [-0.05, 0) is 6.07 Å². The number of aromatic nitrogens is 1. The van der Waals surface area contributed by atoms with Gasteiger partial charge < -0.3 is 9.67 Å². The largest absolute Gasteiger partial charge is 0.477 e. The maximum atomic E-state index is 12.1. The van der Waals surface area contributed by atoms with Crippen LogP contribution in [0.5, 0.6) is 0 Å². The SMILES string of the molecule is Cn1cc(C(=O)O)c(=O)c(-c2ccccc2Cl)c1. The lowest BCUT2D eigenvalue weighted by Crippen LogP contribution is -2.18. The highest BCUT2D eigenvalue weighted by atomic mass is 35.5. The molecule has 0 radical (unpaired) electrons. The summed E-state index contributed by atoms with van der Waals surface area (Å²) in [5.41, 5.74) is 0.00878. The molecule has 5 heteroatoms. The van der Waals surface area contributed by atoms with Crippen LogP contribution in [0, 0.1) is 0 Å². The Kier molecular flexibility index (Phi) is 3.21. The third-order valence-electron chi connectivity index (χ3n) is 2.55. The monoisotopic (exact) mass is 263 g/mol. The van der Waals surface area contributed by atoms with Gasteiger partial charge >= 0.3 is 5.97 Å². The summed E-state index contributed by atoms with van der Waals surface area (Å²) in [6.45, 7) is 0. The third kappa shape index (κ3) is 2.15. The second kappa shape index (κ2) is 4.66. The normalized spacial score (nSPS) is 10.3. The molecule has 2 aromatic rings. The van der Waals surface area contributed by atoms with E-state index in [4.69, 9.17) is 16.7 Å². The quantitative estimate of drug-likeness (QED) is 0.905. The molecule has 0 saturated carbocycles. The molecule has 18 heavy (non-hydrogen) atoms. The summed E-state index contributed by atoms with van der Waals surface area (Å²) in [6.07, 6.45) is 2.85. The van der Waals surface area contributed by atoms with Gasteiger partial charge in [0.2, 0.25) is 5.43 Å². The van der Waals surface area contributed by atoms with Crippen molar-refractivity contribution in [2.45, 2.75) is 0 Å². The fourth-order valence-electron chi connectivity index (χ4n) is 1.73. The topological polar surface area (TPSA) is 59.3 Å². The molecule has 1 aromatic carbocycles. The number of carboxylic acid groups (broad SMARTS) is 1. The molecule has 2 rings (SSSR count). The van der Waals surface area contributed by atoms with Crippen LogP contribution in [0.1, 0.15) is 10.4 Å². The molecule has 1 heterocycles. The smallest absolute Gasteiger partial charge is 0.341 e. The summed E-state index contributed by atoms with van der Waals surface area (Å²) in [7, 11) is 1.66. The molecule has 0 bridgehead atoms. The van der Waals surface area contributed by atoms with Crippen molar-refractivity contribution in [3.8, 4) is 11.1 Å². The van der Waals surface area contributed by atoms with E-state index in [2.05, 4.69) is 0 Å². The van der Waals surface area contributed by atoms with E-state index >= 15 is 0 Å². The van der Waals surface area contributed by atoms with E-state index in [1.54, 1.807) is 37.5 Å². The summed E-state index contributed by atoms with van der Waals surface area (Å²) in [4.78, 5) is 23.1. The highest BCUT2D eigenvalue weighted by Crippen LogP contribution is 2.24. The van der Waals surface area contributed by atoms with Gasteiger partial charge in [0.1, 0.15) is 5.56 Å². The zero-order chi connectivity index (χ0) is 13.3. The second-order valence-corrected chi connectivity index (χ2v) is 4.27. The third-order valence-corrected chi connectivity index (χ3v) is 2.88. The van der Waals surface area contributed by atoms with Gasteiger partial charge in [-0.25, -0.2) is 4.79 Å². The molecule has 4 nitrogen and oxygen atoms in total. The number of carbonyl (C=O) groups is 1. The van der Waals surface area contributed by atoms with Crippen LogP contribution in [0.15, 0.2) is 41.5 Å². The Morgan fingerprint density at radius 2 is 1.89 bits per heavy atom. The van der Waals surface area contributed by atoms with Crippen molar-refractivity contribution >= 4 is 17.6 Å². The number of carboxylic acids is 1. The number of pyridine rings is 1. The average molecular weight is 264 g/mol. The summed E-state index contributed by atoms with van der Waals surface area (Å²) in [6, 6.07) is 6.83. The van der Waals surface area contributed by atoms with E-state index in [1.807, 2.05) is 0 Å². The second-order valence-electron chi connectivity index (χ2n) is 3.87. The van der Waals surface area contributed by atoms with E-state index < -0.39 is 11.4 Å². The Hall–Kier alpha value is -2.07. The van der Waals surface area contributed by atoms with E-state index in [-0.39, 0.29) is 11.1 Å². The van der Waals surface area contributed by atoms with Crippen molar-refractivity contribution in [1.82, 2.24) is 4.57 Å². The highest BCUT2D eigenvalue weighted by Gasteiger charge is 2.15. The number of hydrogen-bond donors (Lipinski definition) is 1. The maximum Gasteiger partial charge on any atom is 0.341 e. The number of benzene rings is 1. The molecule has 1 aromatic heterocycles. The van der Waals surface area contributed by atoms with E-state index in [1.165, 1.54) is 10.8 Å². The van der Waals surface area contributed by atoms with E-state index in [0.717, 1.165) is 0 Å². The Morgan fingerprint density at radius 1 is 1.22 bits per heavy atom. The zero-order valence-corrected chi connectivity index (χ0v) is 10.3. The molecule has 1 N–H and O–H groups in total. The summed E-state index contributed by atoms with van der Waals surface area (Å²) >= 11 is 6.02. The van der Waals surface area contributed by atoms with Gasteiger partial charge in [0.05, 0.1) is 0 Å². The van der Waals surface area contributed by atoms with Gasteiger partial charge in [0.15, 0.2) is 0 Å². The van der Waals surface area contributed by atoms with Gasteiger partial charge in [0.25, 0.3) is 0 Å². The Balaban J connectivity index is 2.77. The van der Waals surface area contributed by atoms with Gasteiger partial charge in [-0.2, -0.15) is 0 Å². The van der Waals surface area contributed by atoms with Crippen molar-refractivity contribution < 1.29 is 9.90 Å². The van der Waals surface area contributed by atoms with Crippen molar-refractivity contribution in [3.05, 3.63) is 57.5 Å². The molecule has 0 amide bonds. The predicted octanol–water partition coefficient (Wildman–Crippen LogP) is 2.40. The summed E-state index contributed by atoms with van der Waals surface area (Å²) in [5.74, 6) is -1.25. The molecule has 92 valence electrons. The number of aromatic carboxylic acids is 1. The minimum absolute atomic E-state index is 0.269. The number of halogens is 1. The highest BCUT2D eigenvalue weighted by molar-refractivity contribution is 6.33. The van der Waals surface area contributed by atoms with Crippen LogP contribution >= 0.6 is 11.6 Å². The van der Waals surface area contributed by atoms with Crippen LogP contribution in [0.4, 0.5) is 0 Å². The lowest BCUT2D eigenvalue weighted by Gasteiger charge is -2.07. The molecule has 0 aliphatic carbocycles. The number of nitrogens with zero attached hydrogens (tertiary/aromatic N) is 1. The van der Waals surface area contributed by atoms with Crippen LogP contribution < -0.4 is 5.43 Å². The molecule has 0 atom stereocenters. The van der Waals surface area contributed by atoms with Crippen molar-refractivity contribution in [2.24, 2.45) is 7.05 Å². The molecule has 0 saturated heterocycles. The summed E-state index contributed by atoms with van der Waals surface area (Å²) < 4.78 is 1.53. The summed E-state index contributed by atoms with van der Waals surface area (Å²) in [5, 5.41) is 9.40. The number of aryl methyl sites for hydroxylation is 1. The van der Waals surface area contributed by atoms with Gasteiger partial charge in [-0.15, -0.1) is 0 Å². The van der Waals surface area contributed by atoms with Crippen LogP contribution in [-0.4, -0.2) is 15.6 Å². The Labute approximate surface area is 108 Å². The molecular formula is C13H10ClNO3. The standard InChI is InChI=1S/C13H10ClNO3/c1-15-6-9(8-4-2-3-5-11(8)14)12(16)10(7-15)13(17)18/h2-7H,1H3,(H,17,18). The number of rotatable bonds is 2. The van der Waals surface area contributed by atoms with Gasteiger partial charge in [-0.1, -0.05) is 29.8 Å². The first kappa shape index (κ1) is 12.4. The fourth-order valence-corrected chi connectivity index (χ4v) is 1.97. The maximum absolute atomic E-state index is 12.1. The van der Waals surface area contributed by atoms with E-state index in [0.29, 0.717) is 10.6 Å². The van der Waals surface area contributed by atoms with Crippen LogP contribution in [0.3, 0.4) is 0 Å². The van der Waals surface area contributed by atoms with Crippen LogP contribution in [-0.2, 0) is 7.05 Å². The first-order valence-corrected chi connectivity index (χ1v) is 5.57. The Morgan fingerprint density at radius 3 is 2.50 bits per heavy atom. The average Bonchev–Trinajstić information content (AvgIpc) is 2.32. The van der Waals surface area contributed by atoms with Crippen LogP contribution in [0.25, 0.3) is 11.1 Å². The number of hydrogen-bond acceptors (Lipinski definition) is 2. The van der Waals surface area contributed by atoms with Gasteiger partial charge in [0, 0.05) is 35.6 Å². The van der Waals surface area contributed by atoms with Crippen molar-refractivity contribution in [3.63, 3.8) is 0 Å². The minimum Gasteiger partial charge on any atom is -0.477 e. The molecule has 0 fully saturated rings. The van der Waals surface area contributed by atoms with E-state index in [9.17, 15) is 9.59 Å². The molecule has 0 aliphatic heterocycles. The molecule has 0 aliphatic rings. The molecule has 0 unspecified atom stereocenters. The molecule has 0 spiro atoms. The first-order valence-electron chi connectivity index (χ1n) is 5.19. The van der Waals surface area contributed by atoms with Gasteiger partial charge in [-0.3, -0.25) is 4.79 Å². The first-order chi connectivity index (χ1) is 8.50. The lowest BCUT2D eigenvalue weighted by molar-refractivity contribution is 0.0694. The Bertz CT molecular complexity index is 676. The van der Waals surface area contributed by atoms with Crippen molar-refractivity contribution in [1.29, 1.82) is 0 Å². The minimum atomic E-state index is -1.25. The fraction of sp³-hybridized carbons (Fsp3) is 0.0769. The molecular weight excluding hydrogens is 254 g/mol. The lowest BCUT2D eigenvalue weighted by atomic mass is 10.1. The zero-order valence-electron chi connectivity index (χ0n) is 9.55. The predicted molar refractivity (Wildman–Crippen MR) is 69.1 cm³/mol. The van der Waals surface area contributed by atoms with Crippen molar-refractivity contribution in [2.75, 3.05) is 0 Å².